The maximum Gasteiger partial charge on any atom is 0.284 e. The highest BCUT2D eigenvalue weighted by molar-refractivity contribution is 8.05. The Bertz CT molecular complexity index is 823. The van der Waals surface area contributed by atoms with Gasteiger partial charge in [0.2, 0.25) is 15.7 Å². The molecule has 0 saturated heterocycles. The summed E-state index contributed by atoms with van der Waals surface area (Å²) in [5.74, 6) is -0.649. The summed E-state index contributed by atoms with van der Waals surface area (Å²) in [6, 6.07) is 9.37. The zero-order valence-corrected chi connectivity index (χ0v) is 12.4. The minimum Gasteiger partial charge on any atom is -0.413 e. The third kappa shape index (κ3) is 2.88. The molecule has 1 atom stereocenters. The molecule has 0 bridgehead atoms. The molecule has 21 heavy (non-hydrogen) atoms. The molecule has 0 saturated carbocycles. The van der Waals surface area contributed by atoms with Gasteiger partial charge >= 0.3 is 0 Å². The third-order valence-corrected chi connectivity index (χ3v) is 4.91. The molecule has 0 amide bonds. The Morgan fingerprint density at radius 1 is 1.33 bits per heavy atom. The molecule has 1 unspecified atom stereocenters. The molecule has 1 aliphatic rings. The SMILES string of the molecule is O=S(=O)(Cc1n[nH]c(=S)o1)C1=NNCC1c1ccccc1. The van der Waals surface area contributed by atoms with Crippen molar-refractivity contribution in [3.63, 3.8) is 0 Å². The fraction of sp³-hybridized carbons (Fsp3) is 0.250. The van der Waals surface area contributed by atoms with Crippen molar-refractivity contribution in [2.75, 3.05) is 6.54 Å². The van der Waals surface area contributed by atoms with Crippen LogP contribution in [-0.2, 0) is 15.6 Å². The van der Waals surface area contributed by atoms with Crippen LogP contribution in [0.1, 0.15) is 17.4 Å². The molecule has 7 nitrogen and oxygen atoms in total. The molecule has 9 heteroatoms. The zero-order chi connectivity index (χ0) is 14.9. The molecule has 3 rings (SSSR count). The number of aromatic nitrogens is 2. The van der Waals surface area contributed by atoms with Crippen LogP contribution >= 0.6 is 12.2 Å². The highest BCUT2D eigenvalue weighted by Gasteiger charge is 2.34. The smallest absolute Gasteiger partial charge is 0.284 e. The number of hydrazone groups is 1. The summed E-state index contributed by atoms with van der Waals surface area (Å²) < 4.78 is 30.0. The number of hydrogen-bond donors (Lipinski definition) is 2. The predicted octanol–water partition coefficient (Wildman–Crippen LogP) is 1.35. The van der Waals surface area contributed by atoms with Gasteiger partial charge < -0.3 is 9.84 Å². The van der Waals surface area contributed by atoms with Gasteiger partial charge in [0.25, 0.3) is 4.84 Å². The van der Waals surface area contributed by atoms with Crippen LogP contribution in [0.3, 0.4) is 0 Å². The molecule has 0 radical (unpaired) electrons. The minimum absolute atomic E-state index is 0.0291. The van der Waals surface area contributed by atoms with Crippen molar-refractivity contribution in [3.8, 4) is 0 Å². The molecule has 1 aromatic carbocycles. The van der Waals surface area contributed by atoms with E-state index in [9.17, 15) is 8.42 Å². The monoisotopic (exact) mass is 324 g/mol. The van der Waals surface area contributed by atoms with Gasteiger partial charge in [-0.2, -0.15) is 5.10 Å². The normalized spacial score (nSPS) is 18.3. The lowest BCUT2D eigenvalue weighted by Gasteiger charge is -2.11. The average Bonchev–Trinajstić information content (AvgIpc) is 3.09. The largest absolute Gasteiger partial charge is 0.413 e. The van der Waals surface area contributed by atoms with Gasteiger partial charge in [-0.3, -0.25) is 0 Å². The van der Waals surface area contributed by atoms with E-state index in [-0.39, 0.29) is 27.4 Å². The van der Waals surface area contributed by atoms with Gasteiger partial charge in [0.05, 0.1) is 5.92 Å². The molecule has 2 aromatic rings. The van der Waals surface area contributed by atoms with Gasteiger partial charge in [0, 0.05) is 6.54 Å². The molecule has 110 valence electrons. The van der Waals surface area contributed by atoms with Crippen LogP contribution in [0.4, 0.5) is 0 Å². The lowest BCUT2D eigenvalue weighted by atomic mass is 10.0. The molecular formula is C12H12N4O3S2. The van der Waals surface area contributed by atoms with Crippen LogP contribution in [0.2, 0.25) is 0 Å². The Balaban J connectivity index is 1.89. The number of sulfone groups is 1. The van der Waals surface area contributed by atoms with Gasteiger partial charge in [-0.1, -0.05) is 30.3 Å². The maximum atomic E-state index is 12.5. The Morgan fingerprint density at radius 3 is 2.76 bits per heavy atom. The zero-order valence-electron chi connectivity index (χ0n) is 10.8. The number of nitrogens with one attached hydrogen (secondary N) is 2. The number of aromatic amines is 1. The van der Waals surface area contributed by atoms with Crippen LogP contribution < -0.4 is 5.43 Å². The third-order valence-electron chi connectivity index (χ3n) is 3.10. The molecular weight excluding hydrogens is 312 g/mol. The van der Waals surface area contributed by atoms with E-state index in [0.29, 0.717) is 6.54 Å². The lowest BCUT2D eigenvalue weighted by Crippen LogP contribution is -2.23. The predicted molar refractivity (Wildman–Crippen MR) is 78.9 cm³/mol. The topological polar surface area (TPSA) is 100 Å². The van der Waals surface area contributed by atoms with Crippen molar-refractivity contribution >= 4 is 27.1 Å². The number of rotatable bonds is 3. The van der Waals surface area contributed by atoms with Gasteiger partial charge in [-0.15, -0.1) is 5.10 Å². The second-order valence-corrected chi connectivity index (χ2v) is 6.85. The van der Waals surface area contributed by atoms with E-state index in [1.54, 1.807) is 0 Å². The maximum absolute atomic E-state index is 12.5. The number of H-pyrrole nitrogens is 1. The van der Waals surface area contributed by atoms with E-state index in [1.165, 1.54) is 0 Å². The number of nitrogens with zero attached hydrogens (tertiary/aromatic N) is 2. The first-order valence-electron chi connectivity index (χ1n) is 6.19. The van der Waals surface area contributed by atoms with Crippen LogP contribution in [0, 0.1) is 4.84 Å². The lowest BCUT2D eigenvalue weighted by molar-refractivity contribution is 0.495. The van der Waals surface area contributed by atoms with Crippen molar-refractivity contribution in [2.24, 2.45) is 5.10 Å². The van der Waals surface area contributed by atoms with Crippen LogP contribution in [0.5, 0.6) is 0 Å². The molecule has 1 aromatic heterocycles. The first-order chi connectivity index (χ1) is 10.1. The van der Waals surface area contributed by atoms with E-state index in [4.69, 9.17) is 16.6 Å². The summed E-state index contributed by atoms with van der Waals surface area (Å²) in [5.41, 5.74) is 3.64. The standard InChI is InChI=1S/C12H12N4O3S2/c17-21(18,7-10-14-16-12(20)19-10)11-9(6-13-15-11)8-4-2-1-3-5-8/h1-5,9,13H,6-7H2,(H,16,20). The van der Waals surface area contributed by atoms with Crippen LogP contribution in [0.25, 0.3) is 0 Å². The van der Waals surface area contributed by atoms with Crippen molar-refractivity contribution in [3.05, 3.63) is 46.6 Å². The van der Waals surface area contributed by atoms with Crippen molar-refractivity contribution in [1.29, 1.82) is 0 Å². The first kappa shape index (κ1) is 14.0. The summed E-state index contributed by atoms with van der Waals surface area (Å²) in [4.78, 5) is 0.0475. The number of hydrogen-bond acceptors (Lipinski definition) is 7. The molecule has 2 N–H and O–H groups in total. The van der Waals surface area contributed by atoms with Crippen LogP contribution in [-0.4, -0.2) is 30.2 Å². The molecule has 0 spiro atoms. The van der Waals surface area contributed by atoms with Gasteiger partial charge in [0.1, 0.15) is 5.75 Å². The summed E-state index contributed by atoms with van der Waals surface area (Å²) in [7, 11) is -3.63. The molecule has 0 aliphatic carbocycles. The van der Waals surface area contributed by atoms with Gasteiger partial charge in [-0.05, 0) is 17.8 Å². The molecule has 2 heterocycles. The second kappa shape index (κ2) is 5.41. The van der Waals surface area contributed by atoms with E-state index in [2.05, 4.69) is 20.7 Å². The fourth-order valence-electron chi connectivity index (χ4n) is 2.17. The average molecular weight is 324 g/mol. The summed E-state index contributed by atoms with van der Waals surface area (Å²) >= 11 is 4.73. The van der Waals surface area contributed by atoms with Crippen molar-refractivity contribution in [2.45, 2.75) is 11.7 Å². The molecule has 0 fully saturated rings. The highest BCUT2D eigenvalue weighted by atomic mass is 32.2. The molecule has 1 aliphatic heterocycles. The van der Waals surface area contributed by atoms with Crippen molar-refractivity contribution < 1.29 is 12.8 Å². The second-order valence-electron chi connectivity index (χ2n) is 4.54. The van der Waals surface area contributed by atoms with Gasteiger partial charge in [0.15, 0.2) is 5.04 Å². The number of benzene rings is 1. The summed E-state index contributed by atoms with van der Waals surface area (Å²) in [5, 5.41) is 10.2. The Labute approximate surface area is 126 Å². The van der Waals surface area contributed by atoms with Crippen LogP contribution in [0.15, 0.2) is 39.9 Å². The van der Waals surface area contributed by atoms with E-state index >= 15 is 0 Å². The minimum atomic E-state index is -3.63. The van der Waals surface area contributed by atoms with E-state index in [0.717, 1.165) is 5.56 Å². The Hall–Kier alpha value is -2.00. The summed E-state index contributed by atoms with van der Waals surface area (Å²) in [6.07, 6.45) is 0. The van der Waals surface area contributed by atoms with E-state index in [1.807, 2.05) is 30.3 Å². The summed E-state index contributed by atoms with van der Waals surface area (Å²) in [6.45, 7) is 0.447. The highest BCUT2D eigenvalue weighted by Crippen LogP contribution is 2.24. The van der Waals surface area contributed by atoms with Gasteiger partial charge in [-0.25, -0.2) is 13.5 Å². The first-order valence-corrected chi connectivity index (χ1v) is 8.25. The van der Waals surface area contributed by atoms with E-state index < -0.39 is 9.84 Å². The fourth-order valence-corrected chi connectivity index (χ4v) is 3.77. The quantitative estimate of drug-likeness (QED) is 0.827. The van der Waals surface area contributed by atoms with Crippen molar-refractivity contribution in [1.82, 2.24) is 15.6 Å². The Morgan fingerprint density at radius 2 is 2.10 bits per heavy atom. The Kier molecular flexibility index (Phi) is 3.60.